The highest BCUT2D eigenvalue weighted by molar-refractivity contribution is 6.18. The molecule has 0 amide bonds. The predicted molar refractivity (Wildman–Crippen MR) is 168 cm³/mol. The number of hydrogen-bond donors (Lipinski definition) is 0. The van der Waals surface area contributed by atoms with Crippen molar-refractivity contribution in [2.24, 2.45) is 0 Å². The predicted octanol–water partition coefficient (Wildman–Crippen LogP) is 8.86. The van der Waals surface area contributed by atoms with Crippen LogP contribution < -0.4 is 0 Å². The second-order valence-electron chi connectivity index (χ2n) is 11.0. The topological polar surface area (TPSA) is 35.1 Å². The molecule has 0 unspecified atom stereocenters. The summed E-state index contributed by atoms with van der Waals surface area (Å²) in [5.41, 5.74) is 13.1. The Balaban J connectivity index is 1.34. The van der Waals surface area contributed by atoms with Crippen molar-refractivity contribution in [2.75, 3.05) is 0 Å². The van der Waals surface area contributed by atoms with Crippen LogP contribution >= 0.6 is 0 Å². The lowest BCUT2D eigenvalue weighted by Crippen LogP contribution is -1.96. The second-order valence-corrected chi connectivity index (χ2v) is 11.0. The van der Waals surface area contributed by atoms with Crippen LogP contribution in [0, 0.1) is 0 Å². The summed E-state index contributed by atoms with van der Waals surface area (Å²) in [5.74, 6) is 0. The van der Waals surface area contributed by atoms with Gasteiger partial charge in [0.1, 0.15) is 11.3 Å². The Labute approximate surface area is 234 Å². The van der Waals surface area contributed by atoms with Gasteiger partial charge in [0.2, 0.25) is 0 Å². The highest BCUT2D eigenvalue weighted by atomic mass is 15.1. The average molecular weight is 523 g/mol. The van der Waals surface area contributed by atoms with Gasteiger partial charge >= 0.3 is 0 Å². The van der Waals surface area contributed by atoms with Crippen LogP contribution in [-0.2, 0) is 6.42 Å². The number of aromatic nitrogens is 4. The van der Waals surface area contributed by atoms with Crippen LogP contribution in [0.5, 0.6) is 0 Å². The van der Waals surface area contributed by atoms with E-state index in [0.717, 1.165) is 34.1 Å². The SMILES string of the molecule is c1ccc(-n2c3ccccc3c3c4c(ccc32)-c2ccc3c5cccnc5n5c6ccccc6nc5c3c2C4)cc1. The molecule has 4 aromatic heterocycles. The first-order chi connectivity index (χ1) is 20.4. The van der Waals surface area contributed by atoms with Crippen molar-refractivity contribution >= 4 is 60.3 Å². The van der Waals surface area contributed by atoms with Crippen LogP contribution in [0.2, 0.25) is 0 Å². The van der Waals surface area contributed by atoms with Crippen molar-refractivity contribution in [3.63, 3.8) is 0 Å². The van der Waals surface area contributed by atoms with Crippen molar-refractivity contribution in [1.82, 2.24) is 18.9 Å². The van der Waals surface area contributed by atoms with E-state index in [4.69, 9.17) is 9.97 Å². The van der Waals surface area contributed by atoms with Crippen LogP contribution in [-0.4, -0.2) is 18.9 Å². The minimum atomic E-state index is 0.868. The van der Waals surface area contributed by atoms with Gasteiger partial charge in [-0.3, -0.25) is 4.40 Å². The maximum atomic E-state index is 5.21. The Kier molecular flexibility index (Phi) is 3.95. The fraction of sp³-hybridized carbons (Fsp3) is 0.0270. The monoisotopic (exact) mass is 522 g/mol. The van der Waals surface area contributed by atoms with Gasteiger partial charge in [0, 0.05) is 39.8 Å². The van der Waals surface area contributed by atoms with E-state index < -0.39 is 0 Å². The molecular formula is C37H22N4. The summed E-state index contributed by atoms with van der Waals surface area (Å²) in [6.45, 7) is 0. The number of pyridine rings is 2. The fourth-order valence-electron chi connectivity index (χ4n) is 7.36. The summed E-state index contributed by atoms with van der Waals surface area (Å²) in [6.07, 6.45) is 2.75. The third-order valence-corrected chi connectivity index (χ3v) is 8.99. The van der Waals surface area contributed by atoms with E-state index in [0.29, 0.717) is 0 Å². The van der Waals surface area contributed by atoms with Crippen LogP contribution in [0.15, 0.2) is 121 Å². The molecule has 5 aromatic carbocycles. The summed E-state index contributed by atoms with van der Waals surface area (Å²) in [6, 6.07) is 41.4. The Morgan fingerprint density at radius 2 is 1.24 bits per heavy atom. The van der Waals surface area contributed by atoms with Crippen molar-refractivity contribution in [3.8, 4) is 16.8 Å². The zero-order valence-electron chi connectivity index (χ0n) is 22.0. The van der Waals surface area contributed by atoms with Gasteiger partial charge in [-0.05, 0) is 76.2 Å². The summed E-state index contributed by atoms with van der Waals surface area (Å²) in [4.78, 5) is 10.1. The maximum Gasteiger partial charge on any atom is 0.147 e. The molecule has 0 saturated heterocycles. The molecule has 41 heavy (non-hydrogen) atoms. The van der Waals surface area contributed by atoms with Gasteiger partial charge in [-0.1, -0.05) is 66.7 Å². The van der Waals surface area contributed by atoms with E-state index in [1.807, 2.05) is 12.3 Å². The molecule has 0 atom stereocenters. The number of hydrogen-bond acceptors (Lipinski definition) is 2. The molecule has 4 heterocycles. The molecule has 4 heteroatoms. The number of benzene rings is 5. The quantitative estimate of drug-likeness (QED) is 0.202. The first-order valence-corrected chi connectivity index (χ1v) is 14.1. The maximum absolute atomic E-state index is 5.21. The second kappa shape index (κ2) is 7.58. The van der Waals surface area contributed by atoms with Crippen molar-refractivity contribution in [3.05, 3.63) is 133 Å². The average Bonchev–Trinajstić information content (AvgIpc) is 3.71. The lowest BCUT2D eigenvalue weighted by molar-refractivity contribution is 1.18. The molecule has 1 aliphatic rings. The number of rotatable bonds is 1. The fourth-order valence-corrected chi connectivity index (χ4v) is 7.36. The minimum Gasteiger partial charge on any atom is -0.309 e. The molecule has 9 aromatic rings. The van der Waals surface area contributed by atoms with E-state index in [1.165, 1.54) is 60.5 Å². The van der Waals surface area contributed by atoms with E-state index in [2.05, 4.69) is 118 Å². The van der Waals surface area contributed by atoms with Crippen LogP contribution in [0.3, 0.4) is 0 Å². The van der Waals surface area contributed by atoms with Gasteiger partial charge in [0.25, 0.3) is 0 Å². The summed E-state index contributed by atoms with van der Waals surface area (Å²) in [7, 11) is 0. The van der Waals surface area contributed by atoms with Crippen molar-refractivity contribution < 1.29 is 0 Å². The number of imidazole rings is 1. The largest absolute Gasteiger partial charge is 0.309 e. The molecule has 190 valence electrons. The standard InChI is InChI=1S/C37H22N4/c1-2-9-22(10-3-1)40-31-14-6-4-11-27(31)34-28-21-29-23(24(28)18-19-33(34)40)16-17-25-26-12-8-20-38-36(26)41-32-15-7-5-13-30(32)39-37(41)35(25)29/h1-20H,21H2. The van der Waals surface area contributed by atoms with E-state index in [9.17, 15) is 0 Å². The first-order valence-electron chi connectivity index (χ1n) is 14.1. The lowest BCUT2D eigenvalue weighted by Gasteiger charge is -2.11. The Morgan fingerprint density at radius 3 is 2.15 bits per heavy atom. The Morgan fingerprint density at radius 1 is 0.512 bits per heavy atom. The van der Waals surface area contributed by atoms with Crippen LogP contribution in [0.4, 0.5) is 0 Å². The molecule has 1 aliphatic carbocycles. The molecule has 0 radical (unpaired) electrons. The zero-order chi connectivity index (χ0) is 26.7. The molecule has 0 N–H and O–H groups in total. The van der Waals surface area contributed by atoms with Gasteiger partial charge in [0.05, 0.1) is 22.1 Å². The molecular weight excluding hydrogens is 500 g/mol. The van der Waals surface area contributed by atoms with Gasteiger partial charge in [-0.2, -0.15) is 0 Å². The lowest BCUT2D eigenvalue weighted by atomic mass is 9.98. The highest BCUT2D eigenvalue weighted by Crippen LogP contribution is 2.48. The normalized spacial score (nSPS) is 12.8. The van der Waals surface area contributed by atoms with E-state index in [1.54, 1.807) is 0 Å². The van der Waals surface area contributed by atoms with Crippen molar-refractivity contribution in [2.45, 2.75) is 6.42 Å². The number of para-hydroxylation sites is 4. The summed E-state index contributed by atoms with van der Waals surface area (Å²) >= 11 is 0. The third kappa shape index (κ3) is 2.64. The number of fused-ring (bicyclic) bond motifs is 16. The molecule has 10 rings (SSSR count). The first kappa shape index (κ1) is 21.4. The van der Waals surface area contributed by atoms with E-state index in [-0.39, 0.29) is 0 Å². The van der Waals surface area contributed by atoms with E-state index >= 15 is 0 Å². The number of nitrogens with zero attached hydrogens (tertiary/aromatic N) is 4. The molecule has 4 nitrogen and oxygen atoms in total. The van der Waals surface area contributed by atoms with Crippen LogP contribution in [0.25, 0.3) is 77.1 Å². The van der Waals surface area contributed by atoms with Gasteiger partial charge in [-0.25, -0.2) is 9.97 Å². The molecule has 0 bridgehead atoms. The highest BCUT2D eigenvalue weighted by Gasteiger charge is 2.28. The molecule has 0 fully saturated rings. The van der Waals surface area contributed by atoms with Gasteiger partial charge in [-0.15, -0.1) is 0 Å². The van der Waals surface area contributed by atoms with Gasteiger partial charge in [0.15, 0.2) is 0 Å². The zero-order valence-corrected chi connectivity index (χ0v) is 22.0. The van der Waals surface area contributed by atoms with Crippen LogP contribution in [0.1, 0.15) is 11.1 Å². The molecule has 0 aliphatic heterocycles. The third-order valence-electron chi connectivity index (χ3n) is 8.99. The minimum absolute atomic E-state index is 0.868. The smallest absolute Gasteiger partial charge is 0.147 e. The Bertz CT molecular complexity index is 2550. The molecule has 0 saturated carbocycles. The molecule has 0 spiro atoms. The summed E-state index contributed by atoms with van der Waals surface area (Å²) < 4.78 is 4.66. The Hall–Kier alpha value is -5.48. The van der Waals surface area contributed by atoms with Gasteiger partial charge < -0.3 is 4.57 Å². The summed E-state index contributed by atoms with van der Waals surface area (Å²) in [5, 5.41) is 6.24. The van der Waals surface area contributed by atoms with Crippen molar-refractivity contribution in [1.29, 1.82) is 0 Å².